The zero-order valence-corrected chi connectivity index (χ0v) is 30.6. The van der Waals surface area contributed by atoms with Gasteiger partial charge in [-0.25, -0.2) is 0 Å². The lowest BCUT2D eigenvalue weighted by atomic mass is 9.82. The van der Waals surface area contributed by atoms with E-state index in [1.165, 1.54) is 121 Å². The molecular weight excluding hydrogens is 673 g/mol. The van der Waals surface area contributed by atoms with Gasteiger partial charge in [0.25, 0.3) is 0 Å². The van der Waals surface area contributed by atoms with Gasteiger partial charge in [-0.3, -0.25) is 0 Å². The molecule has 11 aromatic rings. The normalized spacial score (nSPS) is 11.9. The van der Waals surface area contributed by atoms with Crippen LogP contribution in [0, 0.1) is 0 Å². The van der Waals surface area contributed by atoms with E-state index in [-0.39, 0.29) is 0 Å². The summed E-state index contributed by atoms with van der Waals surface area (Å²) in [4.78, 5) is 0. The molecule has 1 aliphatic carbocycles. The van der Waals surface area contributed by atoms with Crippen LogP contribution in [0.4, 0.5) is 0 Å². The van der Waals surface area contributed by atoms with Gasteiger partial charge in [0, 0.05) is 0 Å². The van der Waals surface area contributed by atoms with Gasteiger partial charge in [-0.1, -0.05) is 182 Å². The van der Waals surface area contributed by atoms with Gasteiger partial charge < -0.3 is 0 Å². The molecule has 0 atom stereocenters. The summed E-state index contributed by atoms with van der Waals surface area (Å²) in [5.74, 6) is 0. The molecule has 56 heavy (non-hydrogen) atoms. The van der Waals surface area contributed by atoms with Gasteiger partial charge in [0.2, 0.25) is 0 Å². The summed E-state index contributed by atoms with van der Waals surface area (Å²) in [6, 6.07) is 76.8. The molecule has 0 radical (unpaired) electrons. The van der Waals surface area contributed by atoms with Crippen molar-refractivity contribution in [1.82, 2.24) is 0 Å². The predicted octanol–water partition coefficient (Wildman–Crippen LogP) is 15.8. The molecule has 0 amide bonds. The van der Waals surface area contributed by atoms with Crippen molar-refractivity contribution in [3.63, 3.8) is 0 Å². The van der Waals surface area contributed by atoms with Crippen LogP contribution >= 0.6 is 0 Å². The van der Waals surface area contributed by atoms with E-state index in [1.54, 1.807) is 0 Å². The van der Waals surface area contributed by atoms with Crippen LogP contribution in [0.15, 0.2) is 206 Å². The first-order valence-corrected chi connectivity index (χ1v) is 19.5. The molecule has 0 fully saturated rings. The summed E-state index contributed by atoms with van der Waals surface area (Å²) < 4.78 is 0. The van der Waals surface area contributed by atoms with Crippen molar-refractivity contribution in [3.8, 4) is 66.8 Å². The predicted molar refractivity (Wildman–Crippen MR) is 240 cm³/mol. The summed E-state index contributed by atoms with van der Waals surface area (Å²) in [6.45, 7) is 0. The van der Waals surface area contributed by atoms with Crippen LogP contribution in [0.25, 0.3) is 121 Å². The van der Waals surface area contributed by atoms with Crippen molar-refractivity contribution < 1.29 is 0 Å². The fourth-order valence-electron chi connectivity index (χ4n) is 9.56. The Morgan fingerprint density at radius 2 is 0.661 bits per heavy atom. The minimum absolute atomic E-state index is 1.22. The van der Waals surface area contributed by atoms with Crippen LogP contribution < -0.4 is 0 Å². The maximum atomic E-state index is 2.45. The molecule has 11 aromatic carbocycles. The Bertz CT molecular complexity index is 3370. The third-order valence-corrected chi connectivity index (χ3v) is 12.2. The van der Waals surface area contributed by atoms with Gasteiger partial charge >= 0.3 is 0 Å². The van der Waals surface area contributed by atoms with E-state index in [9.17, 15) is 0 Å². The molecule has 0 saturated carbocycles. The Morgan fingerprint density at radius 3 is 1.30 bits per heavy atom. The van der Waals surface area contributed by atoms with Crippen LogP contribution in [0.5, 0.6) is 0 Å². The summed E-state index contributed by atoms with van der Waals surface area (Å²) >= 11 is 0. The maximum absolute atomic E-state index is 2.45. The highest BCUT2D eigenvalue weighted by Gasteiger charge is 2.25. The summed E-state index contributed by atoms with van der Waals surface area (Å²) in [7, 11) is 0. The van der Waals surface area contributed by atoms with Crippen molar-refractivity contribution in [2.75, 3.05) is 0 Å². The smallest absolute Gasteiger partial charge is 0.00199 e. The molecule has 0 heteroatoms. The molecule has 0 nitrogen and oxygen atoms in total. The van der Waals surface area contributed by atoms with Gasteiger partial charge in [-0.2, -0.15) is 0 Å². The van der Waals surface area contributed by atoms with Crippen LogP contribution in [0.1, 0.15) is 0 Å². The first-order valence-electron chi connectivity index (χ1n) is 19.5. The highest BCUT2D eigenvalue weighted by Crippen LogP contribution is 2.52. The average Bonchev–Trinajstić information content (AvgIpc) is 3.60. The molecule has 12 rings (SSSR count). The molecule has 0 unspecified atom stereocenters. The zero-order chi connectivity index (χ0) is 36.7. The third-order valence-electron chi connectivity index (χ3n) is 12.2. The molecular formula is C56H34. The average molecular weight is 707 g/mol. The summed E-state index contributed by atoms with van der Waals surface area (Å²) in [5.41, 5.74) is 15.2. The number of fused-ring (bicyclic) bond motifs is 7. The van der Waals surface area contributed by atoms with Crippen molar-refractivity contribution in [2.24, 2.45) is 0 Å². The van der Waals surface area contributed by atoms with E-state index in [2.05, 4.69) is 206 Å². The first kappa shape index (κ1) is 31.1. The van der Waals surface area contributed by atoms with Gasteiger partial charge in [0.1, 0.15) is 0 Å². The van der Waals surface area contributed by atoms with E-state index in [0.29, 0.717) is 0 Å². The molecule has 0 aromatic heterocycles. The van der Waals surface area contributed by atoms with Crippen LogP contribution in [-0.2, 0) is 0 Å². The zero-order valence-electron chi connectivity index (χ0n) is 30.6. The van der Waals surface area contributed by atoms with Gasteiger partial charge in [-0.05, 0) is 145 Å². The maximum Gasteiger partial charge on any atom is -0.00199 e. The van der Waals surface area contributed by atoms with Gasteiger partial charge in [0.15, 0.2) is 0 Å². The number of hydrogen-bond donors (Lipinski definition) is 0. The summed E-state index contributed by atoms with van der Waals surface area (Å²) in [5, 5.41) is 12.7. The Labute approximate surface area is 325 Å². The van der Waals surface area contributed by atoms with Gasteiger partial charge in [0.05, 0.1) is 0 Å². The number of benzene rings is 11. The Morgan fingerprint density at radius 1 is 0.196 bits per heavy atom. The van der Waals surface area contributed by atoms with Crippen LogP contribution in [0.2, 0.25) is 0 Å². The highest BCUT2D eigenvalue weighted by atomic mass is 14.3. The largest absolute Gasteiger partial charge is 0.0622 e. The lowest BCUT2D eigenvalue weighted by Crippen LogP contribution is -1.93. The molecule has 1 aliphatic rings. The lowest BCUT2D eigenvalue weighted by Gasteiger charge is -2.21. The standard InChI is InChI=1S/C56H34/c1-2-13-37(14-3-1)54-50-27-25-43(41-24-22-36-12-5-7-16-39(36)32-41)34-53(50)56(49-30-29-48-45-18-9-8-17-44(45)46-19-10-20-47(49)55(46)48)51-28-26-42(33-52(51)54)40-23-21-35-11-4-6-15-38(35)31-40/h1-34H. The third kappa shape index (κ3) is 4.66. The minimum Gasteiger partial charge on any atom is -0.0622 e. The molecule has 0 saturated heterocycles. The van der Waals surface area contributed by atoms with Crippen LogP contribution in [-0.4, -0.2) is 0 Å². The lowest BCUT2D eigenvalue weighted by molar-refractivity contribution is 1.64. The van der Waals surface area contributed by atoms with E-state index in [0.717, 1.165) is 0 Å². The summed E-state index contributed by atoms with van der Waals surface area (Å²) in [6.07, 6.45) is 0. The SMILES string of the molecule is c1ccc(-c2c3cc(-c4ccc5ccccc5c4)ccc3c(-c3ccc4c5c(cccc35)-c3ccccc3-4)c3cc(-c4ccc5ccccc5c4)ccc23)cc1. The van der Waals surface area contributed by atoms with Crippen LogP contribution in [0.3, 0.4) is 0 Å². The topological polar surface area (TPSA) is 0 Å². The Balaban J connectivity index is 1.21. The van der Waals surface area contributed by atoms with Crippen molar-refractivity contribution in [1.29, 1.82) is 0 Å². The van der Waals surface area contributed by atoms with Crippen molar-refractivity contribution >= 4 is 53.9 Å². The molecule has 0 N–H and O–H groups in total. The molecule has 0 aliphatic heterocycles. The fraction of sp³-hybridized carbons (Fsp3) is 0. The quantitative estimate of drug-likeness (QED) is 0.160. The van der Waals surface area contributed by atoms with E-state index >= 15 is 0 Å². The Kier molecular flexibility index (Phi) is 6.73. The van der Waals surface area contributed by atoms with Gasteiger partial charge in [-0.15, -0.1) is 0 Å². The molecule has 0 spiro atoms. The number of rotatable bonds is 4. The second-order valence-corrected chi connectivity index (χ2v) is 15.2. The highest BCUT2D eigenvalue weighted by molar-refractivity contribution is 6.27. The van der Waals surface area contributed by atoms with E-state index in [1.807, 2.05) is 0 Å². The first-order chi connectivity index (χ1) is 27.8. The minimum atomic E-state index is 1.22. The monoisotopic (exact) mass is 706 g/mol. The second-order valence-electron chi connectivity index (χ2n) is 15.2. The fourth-order valence-corrected chi connectivity index (χ4v) is 9.56. The van der Waals surface area contributed by atoms with E-state index < -0.39 is 0 Å². The molecule has 0 bridgehead atoms. The van der Waals surface area contributed by atoms with Crippen molar-refractivity contribution in [3.05, 3.63) is 206 Å². The molecule has 0 heterocycles. The number of hydrogen-bond acceptors (Lipinski definition) is 0. The second kappa shape index (κ2) is 12.1. The van der Waals surface area contributed by atoms with E-state index in [4.69, 9.17) is 0 Å². The Hall–Kier alpha value is -7.28. The molecule has 258 valence electrons. The van der Waals surface area contributed by atoms with Crippen molar-refractivity contribution in [2.45, 2.75) is 0 Å².